The molecule has 0 aromatic carbocycles. The minimum atomic E-state index is 0.816. The predicted octanol–water partition coefficient (Wildman–Crippen LogP) is 1.90. The summed E-state index contributed by atoms with van der Waals surface area (Å²) in [6, 6.07) is 0. The van der Waals surface area contributed by atoms with Crippen molar-refractivity contribution in [3.8, 4) is 0 Å². The summed E-state index contributed by atoms with van der Waals surface area (Å²) in [7, 11) is 0.816. The summed E-state index contributed by atoms with van der Waals surface area (Å²) in [6.07, 6.45) is 5.32. The van der Waals surface area contributed by atoms with E-state index in [0.717, 1.165) is 15.0 Å². The molecule has 6 heavy (non-hydrogen) atoms. The van der Waals surface area contributed by atoms with Gasteiger partial charge in [0.15, 0.2) is 0 Å². The molecular formula is C5H6P. The summed E-state index contributed by atoms with van der Waals surface area (Å²) in [5.74, 6) is 5.25. The van der Waals surface area contributed by atoms with Crippen molar-refractivity contribution < 1.29 is 0 Å². The van der Waals surface area contributed by atoms with Crippen molar-refractivity contribution in [1.82, 2.24) is 0 Å². The van der Waals surface area contributed by atoms with Crippen LogP contribution in [0, 0.1) is 5.82 Å². The van der Waals surface area contributed by atoms with Crippen LogP contribution in [0.4, 0.5) is 0 Å². The molecule has 0 spiro atoms. The Morgan fingerprint density at radius 2 is 2.67 bits per heavy atom. The average molecular weight is 97.1 g/mol. The van der Waals surface area contributed by atoms with E-state index >= 15 is 0 Å². The van der Waals surface area contributed by atoms with E-state index in [2.05, 4.69) is 23.8 Å². The first-order chi connectivity index (χ1) is 3.00. The third kappa shape index (κ3) is 0.948. The van der Waals surface area contributed by atoms with Crippen LogP contribution in [0.2, 0.25) is 0 Å². The van der Waals surface area contributed by atoms with Gasteiger partial charge in [-0.1, -0.05) is 26.5 Å². The SMILES string of the molecule is [C]1=CCC=CP1. The smallest absolute Gasteiger partial charge is 0.0156 e. The highest BCUT2D eigenvalue weighted by Crippen LogP contribution is 2.16. The lowest BCUT2D eigenvalue weighted by atomic mass is 10.4. The number of allylic oxidation sites excluding steroid dienone is 2. The third-order valence-corrected chi connectivity index (χ3v) is 1.41. The van der Waals surface area contributed by atoms with Gasteiger partial charge in [0.25, 0.3) is 0 Å². The van der Waals surface area contributed by atoms with Gasteiger partial charge in [-0.05, 0) is 12.2 Å². The lowest BCUT2D eigenvalue weighted by molar-refractivity contribution is 1.40. The molecule has 1 heterocycles. The van der Waals surface area contributed by atoms with E-state index in [0.29, 0.717) is 0 Å². The molecule has 0 fully saturated rings. The fourth-order valence-electron chi connectivity index (χ4n) is 0.361. The van der Waals surface area contributed by atoms with E-state index in [4.69, 9.17) is 0 Å². The number of hydrogen-bond acceptors (Lipinski definition) is 0. The van der Waals surface area contributed by atoms with Gasteiger partial charge >= 0.3 is 0 Å². The van der Waals surface area contributed by atoms with Crippen molar-refractivity contribution in [2.75, 3.05) is 0 Å². The summed E-state index contributed by atoms with van der Waals surface area (Å²) < 4.78 is 0. The first kappa shape index (κ1) is 4.08. The topological polar surface area (TPSA) is 0 Å². The minimum Gasteiger partial charge on any atom is -0.0802 e. The Labute approximate surface area is 39.7 Å². The fraction of sp³-hybridized carbons (Fsp3) is 0.200. The van der Waals surface area contributed by atoms with Crippen LogP contribution >= 0.6 is 8.58 Å². The summed E-state index contributed by atoms with van der Waals surface area (Å²) in [6.45, 7) is 0. The number of hydrogen-bond donors (Lipinski definition) is 0. The maximum absolute atomic E-state index is 3.10. The minimum absolute atomic E-state index is 0.816. The van der Waals surface area contributed by atoms with Gasteiger partial charge in [0.2, 0.25) is 0 Å². The molecule has 1 radical (unpaired) electrons. The van der Waals surface area contributed by atoms with Gasteiger partial charge in [-0.2, -0.15) is 0 Å². The van der Waals surface area contributed by atoms with Crippen molar-refractivity contribution in [2.45, 2.75) is 6.42 Å². The van der Waals surface area contributed by atoms with Gasteiger partial charge in [0.05, 0.1) is 0 Å². The summed E-state index contributed by atoms with van der Waals surface area (Å²) in [5.41, 5.74) is 0. The van der Waals surface area contributed by atoms with E-state index in [-0.39, 0.29) is 0 Å². The van der Waals surface area contributed by atoms with E-state index in [9.17, 15) is 0 Å². The van der Waals surface area contributed by atoms with Crippen molar-refractivity contribution in [3.05, 3.63) is 23.8 Å². The van der Waals surface area contributed by atoms with E-state index in [1.807, 2.05) is 0 Å². The monoisotopic (exact) mass is 97.0 g/mol. The molecule has 0 aliphatic carbocycles. The van der Waals surface area contributed by atoms with Gasteiger partial charge < -0.3 is 0 Å². The molecule has 0 bridgehead atoms. The van der Waals surface area contributed by atoms with E-state index in [1.165, 1.54) is 0 Å². The van der Waals surface area contributed by atoms with Crippen LogP contribution in [0.3, 0.4) is 0 Å². The van der Waals surface area contributed by atoms with Crippen LogP contribution < -0.4 is 0 Å². The molecule has 0 aromatic rings. The highest BCUT2D eigenvalue weighted by Gasteiger charge is 1.76. The van der Waals surface area contributed by atoms with Gasteiger partial charge in [-0.3, -0.25) is 0 Å². The average Bonchev–Trinajstić information content (AvgIpc) is 1.72. The van der Waals surface area contributed by atoms with Crippen LogP contribution in [-0.2, 0) is 0 Å². The highest BCUT2D eigenvalue weighted by molar-refractivity contribution is 7.43. The first-order valence-electron chi connectivity index (χ1n) is 1.98. The third-order valence-electron chi connectivity index (χ3n) is 0.641. The molecule has 0 amide bonds. The summed E-state index contributed by atoms with van der Waals surface area (Å²) >= 11 is 0. The molecule has 1 rings (SSSR count). The highest BCUT2D eigenvalue weighted by atomic mass is 31.1. The Kier molecular flexibility index (Phi) is 1.46. The van der Waals surface area contributed by atoms with Crippen LogP contribution in [0.15, 0.2) is 18.0 Å². The predicted molar refractivity (Wildman–Crippen MR) is 29.9 cm³/mol. The van der Waals surface area contributed by atoms with Gasteiger partial charge in [0.1, 0.15) is 0 Å². The van der Waals surface area contributed by atoms with Crippen molar-refractivity contribution in [2.24, 2.45) is 0 Å². The largest absolute Gasteiger partial charge is 0.0802 e. The molecule has 1 aliphatic rings. The van der Waals surface area contributed by atoms with E-state index in [1.54, 1.807) is 0 Å². The number of rotatable bonds is 0. The molecule has 1 unspecified atom stereocenters. The standard InChI is InChI=1S/C5H6P/c1-2-4-6-5-3-1/h2-4,6H,1H2. The molecule has 0 saturated carbocycles. The molecule has 0 nitrogen and oxygen atoms in total. The fourth-order valence-corrected chi connectivity index (χ4v) is 0.947. The van der Waals surface area contributed by atoms with E-state index < -0.39 is 0 Å². The lowest BCUT2D eigenvalue weighted by Gasteiger charge is -1.86. The van der Waals surface area contributed by atoms with Crippen molar-refractivity contribution in [3.63, 3.8) is 0 Å². The van der Waals surface area contributed by atoms with Crippen LogP contribution in [0.1, 0.15) is 6.42 Å². The molecule has 1 heteroatoms. The second kappa shape index (κ2) is 2.15. The maximum Gasteiger partial charge on any atom is -0.0156 e. The Bertz CT molecular complexity index is 61.9. The second-order valence-corrected chi connectivity index (χ2v) is 2.04. The van der Waals surface area contributed by atoms with Crippen molar-refractivity contribution in [1.29, 1.82) is 0 Å². The molecule has 0 N–H and O–H groups in total. The quantitative estimate of drug-likeness (QED) is 0.405. The van der Waals surface area contributed by atoms with Gasteiger partial charge in [0, 0.05) is 0 Å². The Morgan fingerprint density at radius 3 is 2.83 bits per heavy atom. The van der Waals surface area contributed by atoms with Crippen LogP contribution in [0.5, 0.6) is 0 Å². The zero-order valence-electron chi connectivity index (χ0n) is 3.44. The Morgan fingerprint density at radius 1 is 1.67 bits per heavy atom. The van der Waals surface area contributed by atoms with Crippen LogP contribution in [0.25, 0.3) is 0 Å². The first-order valence-corrected chi connectivity index (χ1v) is 3.05. The Hall–Kier alpha value is -0.0900. The molecular weight excluding hydrogens is 91.0 g/mol. The molecule has 1 atom stereocenters. The normalized spacial score (nSPS) is 18.7. The molecule has 1 aliphatic heterocycles. The lowest BCUT2D eigenvalue weighted by Crippen LogP contribution is -1.58. The molecule has 0 aromatic heterocycles. The Balaban J connectivity index is 2.40. The summed E-state index contributed by atoms with van der Waals surface area (Å²) in [4.78, 5) is 0. The zero-order valence-corrected chi connectivity index (χ0v) is 4.44. The second-order valence-electron chi connectivity index (χ2n) is 1.13. The van der Waals surface area contributed by atoms with Crippen LogP contribution in [-0.4, -0.2) is 0 Å². The van der Waals surface area contributed by atoms with Crippen molar-refractivity contribution >= 4 is 8.58 Å². The van der Waals surface area contributed by atoms with Gasteiger partial charge in [-0.15, -0.1) is 0 Å². The maximum atomic E-state index is 3.10. The summed E-state index contributed by atoms with van der Waals surface area (Å²) in [5, 5.41) is 0. The van der Waals surface area contributed by atoms with Gasteiger partial charge in [-0.25, -0.2) is 0 Å². The molecule has 0 saturated heterocycles. The zero-order chi connectivity index (χ0) is 4.24. The molecule has 31 valence electrons.